The fourth-order valence-corrected chi connectivity index (χ4v) is 0.919. The molecule has 1 saturated heterocycles. The van der Waals surface area contributed by atoms with E-state index in [-0.39, 0.29) is 5.91 Å². The van der Waals surface area contributed by atoms with Crippen LogP contribution < -0.4 is 10.6 Å². The van der Waals surface area contributed by atoms with Gasteiger partial charge in [0.1, 0.15) is 0 Å². The first-order valence-electron chi connectivity index (χ1n) is 3.29. The van der Waals surface area contributed by atoms with Crippen LogP contribution in [-0.2, 0) is 4.79 Å². The molecule has 3 heteroatoms. The Morgan fingerprint density at radius 2 is 2.44 bits per heavy atom. The number of hydrogen-bond donors (Lipinski definition) is 2. The van der Waals surface area contributed by atoms with Gasteiger partial charge >= 0.3 is 0 Å². The molecule has 0 aromatic carbocycles. The van der Waals surface area contributed by atoms with Crippen molar-refractivity contribution in [1.82, 2.24) is 10.6 Å². The molecule has 1 atom stereocenters. The molecule has 1 aliphatic rings. The first-order valence-corrected chi connectivity index (χ1v) is 3.29. The normalized spacial score (nSPS) is 29.0. The number of nitrogens with one attached hydrogen (secondary N) is 2. The highest BCUT2D eigenvalue weighted by Crippen LogP contribution is 1.90. The molecule has 9 heavy (non-hydrogen) atoms. The summed E-state index contributed by atoms with van der Waals surface area (Å²) in [7, 11) is 0. The van der Waals surface area contributed by atoms with E-state index in [4.69, 9.17) is 0 Å². The second-order valence-corrected chi connectivity index (χ2v) is 2.43. The average molecular weight is 128 g/mol. The predicted molar refractivity (Wildman–Crippen MR) is 35.1 cm³/mol. The van der Waals surface area contributed by atoms with Gasteiger partial charge < -0.3 is 10.6 Å². The Kier molecular flexibility index (Phi) is 2.05. The molecule has 0 aliphatic carbocycles. The van der Waals surface area contributed by atoms with E-state index in [9.17, 15) is 4.79 Å². The lowest BCUT2D eigenvalue weighted by Crippen LogP contribution is -2.33. The van der Waals surface area contributed by atoms with Gasteiger partial charge in [-0.2, -0.15) is 0 Å². The molecule has 52 valence electrons. The van der Waals surface area contributed by atoms with Crippen LogP contribution in [-0.4, -0.2) is 25.0 Å². The van der Waals surface area contributed by atoms with Gasteiger partial charge in [-0.1, -0.05) is 0 Å². The van der Waals surface area contributed by atoms with Crippen LogP contribution in [0.25, 0.3) is 0 Å². The topological polar surface area (TPSA) is 41.1 Å². The van der Waals surface area contributed by atoms with E-state index in [1.54, 1.807) is 0 Å². The third-order valence-corrected chi connectivity index (χ3v) is 1.45. The van der Waals surface area contributed by atoms with Crippen molar-refractivity contribution >= 4 is 5.91 Å². The minimum atomic E-state index is 0.111. The largest absolute Gasteiger partial charge is 0.352 e. The summed E-state index contributed by atoms with van der Waals surface area (Å²) in [6.45, 7) is 3.44. The van der Waals surface area contributed by atoms with Crippen LogP contribution in [0.4, 0.5) is 0 Å². The lowest BCUT2D eigenvalue weighted by molar-refractivity contribution is -0.120. The smallest absolute Gasteiger partial charge is 0.234 e. The van der Waals surface area contributed by atoms with Crippen LogP contribution in [0.15, 0.2) is 0 Å². The molecule has 0 aromatic rings. The fraction of sp³-hybridized carbons (Fsp3) is 0.833. The summed E-state index contributed by atoms with van der Waals surface area (Å²) < 4.78 is 0. The summed E-state index contributed by atoms with van der Waals surface area (Å²) in [5.41, 5.74) is 0. The minimum absolute atomic E-state index is 0.111. The van der Waals surface area contributed by atoms with Gasteiger partial charge in [-0.15, -0.1) is 0 Å². The summed E-state index contributed by atoms with van der Waals surface area (Å²) in [5.74, 6) is 0.111. The molecule has 1 aliphatic heterocycles. The molecule has 0 spiro atoms. The van der Waals surface area contributed by atoms with E-state index >= 15 is 0 Å². The van der Waals surface area contributed by atoms with Gasteiger partial charge in [0.2, 0.25) is 5.91 Å². The molecule has 0 aromatic heterocycles. The van der Waals surface area contributed by atoms with Crippen molar-refractivity contribution in [3.8, 4) is 0 Å². The summed E-state index contributed by atoms with van der Waals surface area (Å²) >= 11 is 0. The van der Waals surface area contributed by atoms with Gasteiger partial charge in [-0.3, -0.25) is 4.79 Å². The summed E-state index contributed by atoms with van der Waals surface area (Å²) in [6.07, 6.45) is 1.03. The van der Waals surface area contributed by atoms with Crippen molar-refractivity contribution in [1.29, 1.82) is 0 Å². The predicted octanol–water partition coefficient (Wildman–Crippen LogP) is -0.516. The number of carbonyl (C=O) groups excluding carboxylic acids is 1. The molecular weight excluding hydrogens is 116 g/mol. The quantitative estimate of drug-likeness (QED) is 0.461. The number of hydrogen-bond acceptors (Lipinski definition) is 2. The standard InChI is InChI=1S/C6H12N2O/c1-5-2-3-7-4-6(9)8-5/h5,7H,2-4H2,1H3,(H,8,9)/t5-/m1/s1. The summed E-state index contributed by atoms with van der Waals surface area (Å²) in [5, 5.41) is 5.86. The molecule has 2 N–H and O–H groups in total. The van der Waals surface area contributed by atoms with E-state index < -0.39 is 0 Å². The monoisotopic (exact) mass is 128 g/mol. The Morgan fingerprint density at radius 1 is 1.67 bits per heavy atom. The van der Waals surface area contributed by atoms with Crippen LogP contribution in [0.1, 0.15) is 13.3 Å². The maximum Gasteiger partial charge on any atom is 0.234 e. The molecular formula is C6H12N2O. The lowest BCUT2D eigenvalue weighted by Gasteiger charge is -2.06. The SMILES string of the molecule is C[C@@H]1CCNCC(=O)N1. The Hall–Kier alpha value is -0.570. The van der Waals surface area contributed by atoms with Gasteiger partial charge in [-0.25, -0.2) is 0 Å². The highest BCUT2D eigenvalue weighted by Gasteiger charge is 2.09. The second kappa shape index (κ2) is 2.82. The minimum Gasteiger partial charge on any atom is -0.352 e. The van der Waals surface area contributed by atoms with Crippen LogP contribution in [0.5, 0.6) is 0 Å². The third kappa shape index (κ3) is 2.01. The maximum absolute atomic E-state index is 10.7. The molecule has 1 rings (SSSR count). The van der Waals surface area contributed by atoms with Crippen molar-refractivity contribution in [3.63, 3.8) is 0 Å². The highest BCUT2D eigenvalue weighted by atomic mass is 16.2. The molecule has 1 heterocycles. The molecule has 3 nitrogen and oxygen atoms in total. The van der Waals surface area contributed by atoms with Crippen LogP contribution in [0, 0.1) is 0 Å². The molecule has 0 radical (unpaired) electrons. The van der Waals surface area contributed by atoms with Gasteiger partial charge in [0.15, 0.2) is 0 Å². The van der Waals surface area contributed by atoms with E-state index in [0.29, 0.717) is 12.6 Å². The lowest BCUT2D eigenvalue weighted by atomic mass is 10.2. The zero-order valence-corrected chi connectivity index (χ0v) is 5.61. The number of carbonyl (C=O) groups is 1. The van der Waals surface area contributed by atoms with Gasteiger partial charge in [0, 0.05) is 6.04 Å². The van der Waals surface area contributed by atoms with Gasteiger partial charge in [-0.05, 0) is 19.9 Å². The summed E-state index contributed by atoms with van der Waals surface area (Å²) in [6, 6.07) is 0.340. The molecule has 0 unspecified atom stereocenters. The van der Waals surface area contributed by atoms with E-state index in [0.717, 1.165) is 13.0 Å². The first kappa shape index (κ1) is 6.55. The van der Waals surface area contributed by atoms with Crippen molar-refractivity contribution in [2.45, 2.75) is 19.4 Å². The van der Waals surface area contributed by atoms with Crippen molar-refractivity contribution in [2.24, 2.45) is 0 Å². The molecule has 0 saturated carbocycles. The third-order valence-electron chi connectivity index (χ3n) is 1.45. The Bertz CT molecular complexity index is 114. The Morgan fingerprint density at radius 3 is 3.22 bits per heavy atom. The van der Waals surface area contributed by atoms with Crippen LogP contribution >= 0.6 is 0 Å². The van der Waals surface area contributed by atoms with Gasteiger partial charge in [0.25, 0.3) is 0 Å². The average Bonchev–Trinajstić information content (AvgIpc) is 1.93. The second-order valence-electron chi connectivity index (χ2n) is 2.43. The summed E-state index contributed by atoms with van der Waals surface area (Å²) in [4.78, 5) is 10.7. The Balaban J connectivity index is 2.37. The van der Waals surface area contributed by atoms with Crippen LogP contribution in [0.3, 0.4) is 0 Å². The molecule has 1 fully saturated rings. The van der Waals surface area contributed by atoms with Crippen molar-refractivity contribution in [2.75, 3.05) is 13.1 Å². The highest BCUT2D eigenvalue weighted by molar-refractivity contribution is 5.78. The maximum atomic E-state index is 10.7. The number of rotatable bonds is 0. The first-order chi connectivity index (χ1) is 4.29. The van der Waals surface area contributed by atoms with Crippen molar-refractivity contribution in [3.05, 3.63) is 0 Å². The van der Waals surface area contributed by atoms with Crippen molar-refractivity contribution < 1.29 is 4.79 Å². The molecule has 0 bridgehead atoms. The van der Waals surface area contributed by atoms with Crippen LogP contribution in [0.2, 0.25) is 0 Å². The zero-order valence-electron chi connectivity index (χ0n) is 5.61. The Labute approximate surface area is 54.8 Å². The number of amides is 1. The van der Waals surface area contributed by atoms with E-state index in [2.05, 4.69) is 10.6 Å². The van der Waals surface area contributed by atoms with E-state index in [1.165, 1.54) is 0 Å². The zero-order chi connectivity index (χ0) is 6.69. The fourth-order valence-electron chi connectivity index (χ4n) is 0.919. The van der Waals surface area contributed by atoms with E-state index in [1.807, 2.05) is 6.92 Å². The van der Waals surface area contributed by atoms with Gasteiger partial charge in [0.05, 0.1) is 6.54 Å². The molecule has 1 amide bonds.